The van der Waals surface area contributed by atoms with Crippen molar-refractivity contribution in [1.82, 2.24) is 34.9 Å². The third kappa shape index (κ3) is 16.5. The van der Waals surface area contributed by atoms with Gasteiger partial charge in [0.25, 0.3) is 0 Å². The molecule has 0 N–H and O–H groups in total. The second-order valence-electron chi connectivity index (χ2n) is 25.7. The molecule has 0 aliphatic rings. The van der Waals surface area contributed by atoms with Gasteiger partial charge in [-0.1, -0.05) is 163 Å². The standard InChI is InChI=1S/2C16H21NO.C15H20N2O.C15H19N.C14H18N2/c1-10(2)12-6-7-17-15-8-13(11(3)4)16(18-5)9-14(12)15;1-10(2)12-6-7-17-15-9-16(18-5)13(11(3)4)8-14(12)15;1-9(2)11-6-13-12(7-14(11)18-5)15(10(3)4)17-8-16-13;1-10(2)12-5-6-14-13(11(3)4)7-8-16-15(14)9-12;1-9(2)11-5-6-12-13(7-11)15-8-16-14(12)10(3)4/h2*6-11H,1-5H3;6-10H,1-5H3;5-11H,1-4H3;5-10H,1-4H3. The molecule has 0 fully saturated rings. The molecule has 0 spiro atoms. The molecule has 0 atom stereocenters. The first-order chi connectivity index (χ1) is 40.8. The van der Waals surface area contributed by atoms with Gasteiger partial charge in [0.15, 0.2) is 0 Å². The lowest BCUT2D eigenvalue weighted by molar-refractivity contribution is 0.408. The fourth-order valence-corrected chi connectivity index (χ4v) is 10.9. The van der Waals surface area contributed by atoms with E-state index in [0.717, 1.165) is 61.6 Å². The Morgan fingerprint density at radius 3 is 0.953 bits per heavy atom. The molecule has 10 aromatic rings. The highest BCUT2D eigenvalue weighted by atomic mass is 16.5. The van der Waals surface area contributed by atoms with Crippen LogP contribution < -0.4 is 14.2 Å². The Morgan fingerprint density at radius 2 is 0.558 bits per heavy atom. The van der Waals surface area contributed by atoms with Gasteiger partial charge >= 0.3 is 0 Å². The number of ether oxygens (including phenoxy) is 3. The minimum Gasteiger partial charge on any atom is -0.496 e. The van der Waals surface area contributed by atoms with Crippen molar-refractivity contribution in [3.8, 4) is 17.2 Å². The van der Waals surface area contributed by atoms with E-state index in [1.165, 1.54) is 66.1 Å². The zero-order valence-corrected chi connectivity index (χ0v) is 56.2. The number of pyridine rings is 3. The van der Waals surface area contributed by atoms with Gasteiger partial charge in [-0.15, -0.1) is 0 Å². The Kier molecular flexibility index (Phi) is 24.1. The summed E-state index contributed by atoms with van der Waals surface area (Å²) >= 11 is 0. The first-order valence-electron chi connectivity index (χ1n) is 31.2. The summed E-state index contributed by atoms with van der Waals surface area (Å²) in [6.45, 7) is 43.8. The summed E-state index contributed by atoms with van der Waals surface area (Å²) < 4.78 is 16.5. The highest BCUT2D eigenvalue weighted by Gasteiger charge is 2.17. The van der Waals surface area contributed by atoms with Crippen LogP contribution in [-0.2, 0) is 0 Å². The molecule has 10 heteroatoms. The van der Waals surface area contributed by atoms with Gasteiger partial charge in [0, 0.05) is 51.6 Å². The van der Waals surface area contributed by atoms with E-state index in [1.54, 1.807) is 34.0 Å². The Morgan fingerprint density at radius 1 is 0.244 bits per heavy atom. The van der Waals surface area contributed by atoms with Crippen molar-refractivity contribution < 1.29 is 14.2 Å². The molecule has 10 rings (SSSR count). The summed E-state index contributed by atoms with van der Waals surface area (Å²) in [5.41, 5.74) is 17.9. The Labute approximate surface area is 515 Å². The highest BCUT2D eigenvalue weighted by Crippen LogP contribution is 2.37. The van der Waals surface area contributed by atoms with Crippen LogP contribution in [0.25, 0.3) is 54.5 Å². The average molecular weight is 1160 g/mol. The minimum absolute atomic E-state index is 0.380. The fourth-order valence-electron chi connectivity index (χ4n) is 10.9. The third-order valence-electron chi connectivity index (χ3n) is 15.9. The van der Waals surface area contributed by atoms with Crippen molar-refractivity contribution in [3.05, 3.63) is 178 Å². The number of rotatable bonds is 13. The van der Waals surface area contributed by atoms with Crippen LogP contribution in [0.1, 0.15) is 254 Å². The normalized spacial score (nSPS) is 11.5. The summed E-state index contributed by atoms with van der Waals surface area (Å²) in [6.07, 6.45) is 9.01. The number of nitrogens with zero attached hydrogens (tertiary/aromatic N) is 7. The number of hydrogen-bond donors (Lipinski definition) is 0. The summed E-state index contributed by atoms with van der Waals surface area (Å²) in [7, 11) is 5.17. The predicted molar refractivity (Wildman–Crippen MR) is 365 cm³/mol. The summed E-state index contributed by atoms with van der Waals surface area (Å²) in [5, 5.41) is 6.02. The number of fused-ring (bicyclic) bond motifs is 5. The first-order valence-corrected chi connectivity index (χ1v) is 31.2. The largest absolute Gasteiger partial charge is 0.496 e. The van der Waals surface area contributed by atoms with E-state index >= 15 is 0 Å². The molecule has 0 radical (unpaired) electrons. The maximum absolute atomic E-state index is 5.52. The van der Waals surface area contributed by atoms with Crippen molar-refractivity contribution >= 4 is 54.5 Å². The van der Waals surface area contributed by atoms with E-state index in [9.17, 15) is 0 Å². The van der Waals surface area contributed by atoms with Crippen LogP contribution in [0.2, 0.25) is 0 Å². The molecule has 0 saturated carbocycles. The van der Waals surface area contributed by atoms with Crippen molar-refractivity contribution in [1.29, 1.82) is 0 Å². The molecule has 456 valence electrons. The van der Waals surface area contributed by atoms with Gasteiger partial charge in [-0.25, -0.2) is 19.9 Å². The minimum atomic E-state index is 0.380. The summed E-state index contributed by atoms with van der Waals surface area (Å²) in [4.78, 5) is 30.9. The van der Waals surface area contributed by atoms with E-state index < -0.39 is 0 Å². The van der Waals surface area contributed by atoms with Gasteiger partial charge in [-0.2, -0.15) is 0 Å². The molecular weight excluding hydrogens is 1060 g/mol. The second-order valence-corrected chi connectivity index (χ2v) is 25.7. The lowest BCUT2D eigenvalue weighted by Crippen LogP contribution is -2.00. The molecule has 0 unspecified atom stereocenters. The highest BCUT2D eigenvalue weighted by molar-refractivity contribution is 5.87. The van der Waals surface area contributed by atoms with E-state index in [4.69, 9.17) is 14.2 Å². The Balaban J connectivity index is 0.000000172. The monoisotopic (exact) mass is 1160 g/mol. The quantitative estimate of drug-likeness (QED) is 0.110. The molecule has 0 amide bonds. The van der Waals surface area contributed by atoms with Crippen LogP contribution in [0.5, 0.6) is 17.2 Å². The van der Waals surface area contributed by atoms with Crippen LogP contribution in [0.3, 0.4) is 0 Å². The molecule has 5 heterocycles. The van der Waals surface area contributed by atoms with Gasteiger partial charge in [0.2, 0.25) is 0 Å². The molecule has 0 aliphatic heterocycles. The number of aromatic nitrogens is 7. The molecule has 0 saturated heterocycles. The van der Waals surface area contributed by atoms with Gasteiger partial charge in [0.05, 0.1) is 60.3 Å². The maximum atomic E-state index is 5.52. The van der Waals surface area contributed by atoms with Crippen LogP contribution in [-0.4, -0.2) is 56.2 Å². The van der Waals surface area contributed by atoms with Crippen LogP contribution >= 0.6 is 0 Å². The first kappa shape index (κ1) is 67.5. The van der Waals surface area contributed by atoms with E-state index in [-0.39, 0.29) is 0 Å². The van der Waals surface area contributed by atoms with Crippen LogP contribution in [0.4, 0.5) is 0 Å². The van der Waals surface area contributed by atoms with Crippen molar-refractivity contribution in [2.24, 2.45) is 0 Å². The number of methoxy groups -OCH3 is 3. The lowest BCUT2D eigenvalue weighted by Gasteiger charge is -2.15. The molecular formula is C76H99N7O3. The molecule has 5 aromatic heterocycles. The van der Waals surface area contributed by atoms with Crippen molar-refractivity contribution in [3.63, 3.8) is 0 Å². The number of hydrogen-bond acceptors (Lipinski definition) is 10. The van der Waals surface area contributed by atoms with Gasteiger partial charge in [-0.05, 0) is 164 Å². The maximum Gasteiger partial charge on any atom is 0.124 e. The van der Waals surface area contributed by atoms with Crippen molar-refractivity contribution in [2.75, 3.05) is 21.3 Å². The van der Waals surface area contributed by atoms with Crippen molar-refractivity contribution in [2.45, 2.75) is 198 Å². The molecule has 0 aliphatic carbocycles. The second kappa shape index (κ2) is 30.7. The smallest absolute Gasteiger partial charge is 0.124 e. The molecule has 86 heavy (non-hydrogen) atoms. The zero-order chi connectivity index (χ0) is 63.3. The topological polar surface area (TPSA) is 118 Å². The Hall–Kier alpha value is -7.59. The molecule has 0 bridgehead atoms. The van der Waals surface area contributed by atoms with Gasteiger partial charge < -0.3 is 14.2 Å². The third-order valence-corrected chi connectivity index (χ3v) is 15.9. The summed E-state index contributed by atoms with van der Waals surface area (Å²) in [5.74, 6) is 7.61. The SMILES string of the molecule is CC(C)c1ccc2c(C(C)C)ccnc2c1.CC(C)c1ccc2c(C(C)C)ncnc2c1.COc1cc2c(C(C)C)ccnc2cc1C(C)C.COc1cc2c(C(C)C)ncnc2cc1C(C)C.COc1cc2nccc(C(C)C)c2cc1C(C)C. The van der Waals surface area contributed by atoms with Crippen LogP contribution in [0.15, 0.2) is 122 Å². The van der Waals surface area contributed by atoms with E-state index in [2.05, 4.69) is 264 Å². The summed E-state index contributed by atoms with van der Waals surface area (Å²) in [6, 6.07) is 32.3. The van der Waals surface area contributed by atoms with Gasteiger partial charge in [-0.3, -0.25) is 15.0 Å². The average Bonchev–Trinajstić information content (AvgIpc) is 1.97. The van der Waals surface area contributed by atoms with Crippen LogP contribution in [0, 0.1) is 0 Å². The molecule has 10 nitrogen and oxygen atoms in total. The fraction of sp³-hybridized carbons (Fsp3) is 0.434. The lowest BCUT2D eigenvalue weighted by atomic mass is 9.94. The number of benzene rings is 5. The van der Waals surface area contributed by atoms with E-state index in [0.29, 0.717) is 59.2 Å². The Bertz CT molecular complexity index is 3640. The van der Waals surface area contributed by atoms with Gasteiger partial charge in [0.1, 0.15) is 29.9 Å². The zero-order valence-electron chi connectivity index (χ0n) is 56.2. The van der Waals surface area contributed by atoms with E-state index in [1.807, 2.05) is 18.6 Å². The molecule has 5 aromatic carbocycles. The predicted octanol–water partition coefficient (Wildman–Crippen LogP) is 21.2.